The molecule has 0 saturated carbocycles. The van der Waals surface area contributed by atoms with Crippen LogP contribution in [0.5, 0.6) is 5.75 Å². The minimum Gasteiger partial charge on any atom is -0.495 e. The van der Waals surface area contributed by atoms with Gasteiger partial charge in [0.25, 0.3) is 15.9 Å². The minimum atomic E-state index is -4.18. The minimum absolute atomic E-state index is 0.0617. The molecule has 0 aromatic heterocycles. The Hall–Kier alpha value is -3.95. The lowest BCUT2D eigenvalue weighted by atomic mass is 10.0. The monoisotopic (exact) mass is 605 g/mol. The highest BCUT2D eigenvalue weighted by Crippen LogP contribution is 2.32. The largest absolute Gasteiger partial charge is 0.495 e. The Morgan fingerprint density at radius 2 is 1.38 bits per heavy atom. The molecule has 1 N–H and O–H groups in total. The van der Waals surface area contributed by atoms with Crippen molar-refractivity contribution in [2.45, 2.75) is 17.7 Å². The average molecular weight is 607 g/mol. The van der Waals surface area contributed by atoms with E-state index >= 15 is 0 Å². The van der Waals surface area contributed by atoms with Gasteiger partial charge in [0.15, 0.2) is 0 Å². The van der Waals surface area contributed by atoms with Gasteiger partial charge in [-0.05, 0) is 41.5 Å². The standard InChI is InChI=1S/C30H28BrN3O4S/c1-38-28-18-17-25(31)21-29(28)39(36,37)34(27-15-9-4-10-16-27)22-30(35)33-32-26(19-23-11-5-2-6-12-23)20-24-13-7-3-8-14-24/h2-18,21H,19-20,22H2,1H3,(H,33,35). The fourth-order valence-electron chi connectivity index (χ4n) is 3.99. The van der Waals surface area contributed by atoms with Crippen LogP contribution in [0, 0.1) is 0 Å². The van der Waals surface area contributed by atoms with Gasteiger partial charge in [-0.15, -0.1) is 0 Å². The van der Waals surface area contributed by atoms with E-state index in [0.717, 1.165) is 21.1 Å². The lowest BCUT2D eigenvalue weighted by Crippen LogP contribution is -2.40. The Balaban J connectivity index is 1.61. The van der Waals surface area contributed by atoms with E-state index in [9.17, 15) is 13.2 Å². The highest BCUT2D eigenvalue weighted by molar-refractivity contribution is 9.10. The topological polar surface area (TPSA) is 88.1 Å². The van der Waals surface area contributed by atoms with Gasteiger partial charge in [0, 0.05) is 23.0 Å². The first-order valence-corrected chi connectivity index (χ1v) is 14.4. The van der Waals surface area contributed by atoms with Gasteiger partial charge in [-0.1, -0.05) is 94.8 Å². The zero-order chi connectivity index (χ0) is 27.7. The molecule has 0 bridgehead atoms. The van der Waals surface area contributed by atoms with Gasteiger partial charge in [0.1, 0.15) is 17.2 Å². The summed E-state index contributed by atoms with van der Waals surface area (Å²) in [5, 5.41) is 4.43. The Bertz CT molecular complexity index is 1490. The molecule has 0 heterocycles. The van der Waals surface area contributed by atoms with Crippen LogP contribution in [0.15, 0.2) is 124 Å². The number of sulfonamides is 1. The van der Waals surface area contributed by atoms with Crippen LogP contribution in [0.25, 0.3) is 0 Å². The third-order valence-electron chi connectivity index (χ3n) is 5.87. The molecule has 0 fully saturated rings. The molecular weight excluding hydrogens is 578 g/mol. The second kappa shape index (κ2) is 13.2. The molecule has 0 aliphatic heterocycles. The van der Waals surface area contributed by atoms with Crippen molar-refractivity contribution in [3.05, 3.63) is 125 Å². The van der Waals surface area contributed by atoms with E-state index in [0.29, 0.717) is 23.0 Å². The molecule has 4 rings (SSSR count). The van der Waals surface area contributed by atoms with Crippen molar-refractivity contribution in [1.82, 2.24) is 5.43 Å². The summed E-state index contributed by atoms with van der Waals surface area (Å²) in [6.07, 6.45) is 1.07. The van der Waals surface area contributed by atoms with E-state index in [-0.39, 0.29) is 10.6 Å². The normalized spacial score (nSPS) is 10.9. The Labute approximate surface area is 237 Å². The van der Waals surface area contributed by atoms with Crippen LogP contribution < -0.4 is 14.5 Å². The summed E-state index contributed by atoms with van der Waals surface area (Å²) in [6.45, 7) is -0.477. The Morgan fingerprint density at radius 3 is 1.92 bits per heavy atom. The predicted molar refractivity (Wildman–Crippen MR) is 158 cm³/mol. The summed E-state index contributed by atoms with van der Waals surface area (Å²) in [5.74, 6) is -0.402. The maximum absolute atomic E-state index is 13.8. The van der Waals surface area contributed by atoms with Crippen LogP contribution in [0.2, 0.25) is 0 Å². The highest BCUT2D eigenvalue weighted by atomic mass is 79.9. The number of hydrogen-bond acceptors (Lipinski definition) is 5. The second-order valence-corrected chi connectivity index (χ2v) is 11.4. The lowest BCUT2D eigenvalue weighted by Gasteiger charge is -2.24. The number of para-hydroxylation sites is 1. The van der Waals surface area contributed by atoms with E-state index in [1.165, 1.54) is 13.2 Å². The molecule has 4 aromatic rings. The number of hydrogen-bond donors (Lipinski definition) is 1. The zero-order valence-electron chi connectivity index (χ0n) is 21.3. The molecule has 0 aliphatic rings. The second-order valence-electron chi connectivity index (χ2n) is 8.68. The van der Waals surface area contributed by atoms with Crippen LogP contribution >= 0.6 is 15.9 Å². The number of methoxy groups -OCH3 is 1. The Morgan fingerprint density at radius 1 is 0.846 bits per heavy atom. The van der Waals surface area contributed by atoms with Crippen molar-refractivity contribution in [2.75, 3.05) is 18.0 Å². The van der Waals surface area contributed by atoms with E-state index in [2.05, 4.69) is 26.5 Å². The summed E-state index contributed by atoms with van der Waals surface area (Å²) in [4.78, 5) is 13.1. The van der Waals surface area contributed by atoms with Crippen molar-refractivity contribution in [1.29, 1.82) is 0 Å². The molecule has 39 heavy (non-hydrogen) atoms. The maximum atomic E-state index is 13.8. The van der Waals surface area contributed by atoms with Gasteiger partial charge in [0.2, 0.25) is 0 Å². The molecule has 1 amide bonds. The summed E-state index contributed by atoms with van der Waals surface area (Å²) >= 11 is 3.33. The quantitative estimate of drug-likeness (QED) is 0.178. The smallest absolute Gasteiger partial charge is 0.268 e. The maximum Gasteiger partial charge on any atom is 0.268 e. The van der Waals surface area contributed by atoms with Crippen molar-refractivity contribution in [3.8, 4) is 5.75 Å². The number of halogens is 1. The van der Waals surface area contributed by atoms with E-state index < -0.39 is 22.5 Å². The van der Waals surface area contributed by atoms with Crippen LogP contribution in [0.1, 0.15) is 11.1 Å². The molecule has 9 heteroatoms. The van der Waals surface area contributed by atoms with Crippen molar-refractivity contribution >= 4 is 43.3 Å². The number of carbonyl (C=O) groups excluding carboxylic acids is 1. The SMILES string of the molecule is COc1ccc(Br)cc1S(=O)(=O)N(CC(=O)NN=C(Cc1ccccc1)Cc1ccccc1)c1ccccc1. The molecule has 0 radical (unpaired) electrons. The number of hydrazone groups is 1. The Kier molecular flexibility index (Phi) is 9.51. The number of carbonyl (C=O) groups is 1. The van der Waals surface area contributed by atoms with Gasteiger partial charge in [-0.3, -0.25) is 9.10 Å². The predicted octanol–water partition coefficient (Wildman–Crippen LogP) is 5.61. The molecule has 4 aromatic carbocycles. The molecule has 7 nitrogen and oxygen atoms in total. The number of anilines is 1. The van der Waals surface area contributed by atoms with E-state index in [4.69, 9.17) is 4.74 Å². The summed E-state index contributed by atoms with van der Waals surface area (Å²) in [6, 6.07) is 32.9. The van der Waals surface area contributed by atoms with Crippen molar-refractivity contribution in [2.24, 2.45) is 5.10 Å². The molecule has 0 aliphatic carbocycles. The van der Waals surface area contributed by atoms with E-state index in [1.807, 2.05) is 60.7 Å². The summed E-state index contributed by atoms with van der Waals surface area (Å²) < 4.78 is 34.6. The molecule has 0 saturated heterocycles. The number of benzene rings is 4. The fourth-order valence-corrected chi connectivity index (χ4v) is 6.11. The molecule has 0 unspecified atom stereocenters. The van der Waals surface area contributed by atoms with Crippen LogP contribution in [0.4, 0.5) is 5.69 Å². The third-order valence-corrected chi connectivity index (χ3v) is 8.15. The molecule has 0 spiro atoms. The molecule has 200 valence electrons. The van der Waals surface area contributed by atoms with Gasteiger partial charge in [0.05, 0.1) is 12.8 Å². The fraction of sp³-hybridized carbons (Fsp3) is 0.133. The third kappa shape index (κ3) is 7.55. The van der Waals surface area contributed by atoms with Crippen LogP contribution in [-0.4, -0.2) is 33.7 Å². The van der Waals surface area contributed by atoms with Crippen molar-refractivity contribution in [3.63, 3.8) is 0 Å². The van der Waals surface area contributed by atoms with Crippen LogP contribution in [-0.2, 0) is 27.7 Å². The van der Waals surface area contributed by atoms with E-state index in [1.54, 1.807) is 42.5 Å². The summed E-state index contributed by atoms with van der Waals surface area (Å²) in [5.41, 5.74) is 5.77. The number of amides is 1. The number of nitrogens with one attached hydrogen (secondary N) is 1. The lowest BCUT2D eigenvalue weighted by molar-refractivity contribution is -0.119. The number of nitrogens with zero attached hydrogens (tertiary/aromatic N) is 2. The van der Waals surface area contributed by atoms with Crippen LogP contribution in [0.3, 0.4) is 0 Å². The first kappa shape index (κ1) is 28.1. The van der Waals surface area contributed by atoms with Gasteiger partial charge >= 0.3 is 0 Å². The zero-order valence-corrected chi connectivity index (χ0v) is 23.7. The van der Waals surface area contributed by atoms with Gasteiger partial charge in [-0.25, -0.2) is 13.8 Å². The van der Waals surface area contributed by atoms with Crippen molar-refractivity contribution < 1.29 is 17.9 Å². The first-order chi connectivity index (χ1) is 18.9. The molecular formula is C30H28BrN3O4S. The first-order valence-electron chi connectivity index (χ1n) is 12.2. The average Bonchev–Trinajstić information content (AvgIpc) is 2.96. The van der Waals surface area contributed by atoms with Gasteiger partial charge < -0.3 is 4.74 Å². The van der Waals surface area contributed by atoms with Gasteiger partial charge in [-0.2, -0.15) is 5.10 Å². The summed E-state index contributed by atoms with van der Waals surface area (Å²) in [7, 11) is -2.78. The molecule has 0 atom stereocenters. The number of rotatable bonds is 11. The highest BCUT2D eigenvalue weighted by Gasteiger charge is 2.30. The number of ether oxygens (including phenoxy) is 1.